The van der Waals surface area contributed by atoms with Crippen LogP contribution >= 0.6 is 0 Å². The van der Waals surface area contributed by atoms with Crippen molar-refractivity contribution < 1.29 is 43.3 Å². The summed E-state index contributed by atoms with van der Waals surface area (Å²) in [7, 11) is 0. The van der Waals surface area contributed by atoms with E-state index >= 15 is 0 Å². The maximum atomic E-state index is 12.8. The number of carbonyl (C=O) groups excluding carboxylic acids is 3. The minimum absolute atomic E-state index is 0.0339. The number of allylic oxidation sites excluding steroid dienone is 2. The molecular weight excluding hydrogens is 610 g/mol. The van der Waals surface area contributed by atoms with Gasteiger partial charge >= 0.3 is 11.9 Å². The van der Waals surface area contributed by atoms with E-state index in [-0.39, 0.29) is 36.5 Å². The highest BCUT2D eigenvalue weighted by Crippen LogP contribution is 2.43. The van der Waals surface area contributed by atoms with E-state index in [0.717, 1.165) is 16.8 Å². The van der Waals surface area contributed by atoms with Crippen LogP contribution in [0.15, 0.2) is 54.3 Å². The number of fused-ring (bicyclic) bond motifs is 1. The lowest BCUT2D eigenvalue weighted by molar-refractivity contribution is -0.161. The number of ether oxygens (including phenoxy) is 4. The fraction of sp³-hybridized carbons (Fsp3) is 0.576. The summed E-state index contributed by atoms with van der Waals surface area (Å²) < 4.78 is 23.1. The zero-order valence-electron chi connectivity index (χ0n) is 27.3. The number of aromatic nitrogens is 4. The highest BCUT2D eigenvalue weighted by molar-refractivity contribution is 5.87. The summed E-state index contributed by atoms with van der Waals surface area (Å²) in [5.41, 5.74) is 1.05. The standard InChI is InChI=1S/C33H43N5O9/c1-19(8-11-27-20(2)15-26(22(4)45-27)35-29(40)13-10-21(3)44-23(5)39)9-12-28-31(42)33(18-43-33)17-24(46-28)16-30(41)47-38-32-25(36-37-38)7-6-14-34-32/h6-10,12-14,20-22,24,26-28,31,42H,11,15-18H2,1-5H3,(H,35,40)/t20-,21-,22+,24+,26+,27-,28+,31+,33+/m0/s1. The summed E-state index contributed by atoms with van der Waals surface area (Å²) in [4.78, 5) is 46.7. The smallest absolute Gasteiger partial charge is 0.337 e. The van der Waals surface area contributed by atoms with E-state index in [0.29, 0.717) is 30.6 Å². The van der Waals surface area contributed by atoms with Crippen molar-refractivity contribution >= 4 is 29.0 Å². The number of amides is 1. The van der Waals surface area contributed by atoms with Gasteiger partial charge in [-0.1, -0.05) is 30.7 Å². The molecule has 3 fully saturated rings. The van der Waals surface area contributed by atoms with Crippen LogP contribution in [0, 0.1) is 5.92 Å². The fourth-order valence-electron chi connectivity index (χ4n) is 6.01. The molecule has 2 N–H and O–H groups in total. The molecule has 0 aliphatic carbocycles. The minimum atomic E-state index is -0.878. The van der Waals surface area contributed by atoms with Crippen LogP contribution in [-0.2, 0) is 33.3 Å². The van der Waals surface area contributed by atoms with Gasteiger partial charge in [-0.25, -0.2) is 9.78 Å². The molecule has 254 valence electrons. The lowest BCUT2D eigenvalue weighted by Gasteiger charge is -2.39. The highest BCUT2D eigenvalue weighted by Gasteiger charge is 2.58. The molecule has 0 radical (unpaired) electrons. The molecule has 47 heavy (non-hydrogen) atoms. The third-order valence-corrected chi connectivity index (χ3v) is 8.69. The molecule has 0 aromatic carbocycles. The average Bonchev–Trinajstić information content (AvgIpc) is 3.68. The number of aliphatic hydroxyl groups is 1. The first kappa shape index (κ1) is 34.4. The highest BCUT2D eigenvalue weighted by atomic mass is 16.7. The van der Waals surface area contributed by atoms with Gasteiger partial charge in [0, 0.05) is 25.6 Å². The number of aliphatic hydroxyl groups excluding tert-OH is 1. The van der Waals surface area contributed by atoms with E-state index < -0.39 is 42.0 Å². The Labute approximate surface area is 273 Å². The van der Waals surface area contributed by atoms with Crippen molar-refractivity contribution in [3.8, 4) is 0 Å². The first-order valence-electron chi connectivity index (χ1n) is 15.9. The molecule has 2 aromatic heterocycles. The number of carbonyl (C=O) groups is 3. The Morgan fingerprint density at radius 2 is 2.02 bits per heavy atom. The van der Waals surface area contributed by atoms with Gasteiger partial charge in [0.1, 0.15) is 29.4 Å². The quantitative estimate of drug-likeness (QED) is 0.119. The van der Waals surface area contributed by atoms with Gasteiger partial charge in [-0.3, -0.25) is 9.59 Å². The van der Waals surface area contributed by atoms with Gasteiger partial charge in [0.25, 0.3) is 0 Å². The molecule has 3 aliphatic rings. The van der Waals surface area contributed by atoms with Crippen molar-refractivity contribution in [2.24, 2.45) is 5.92 Å². The largest absolute Gasteiger partial charge is 0.459 e. The Morgan fingerprint density at radius 1 is 1.23 bits per heavy atom. The van der Waals surface area contributed by atoms with Gasteiger partial charge in [0.05, 0.1) is 37.4 Å². The predicted molar refractivity (Wildman–Crippen MR) is 167 cm³/mol. The fourth-order valence-corrected chi connectivity index (χ4v) is 6.01. The number of nitrogens with one attached hydrogen (secondary N) is 1. The number of hydrogen-bond donors (Lipinski definition) is 2. The van der Waals surface area contributed by atoms with Gasteiger partial charge in [-0.05, 0) is 67.8 Å². The maximum Gasteiger partial charge on any atom is 0.337 e. The Bertz CT molecular complexity index is 1530. The van der Waals surface area contributed by atoms with Crippen LogP contribution in [-0.4, -0.2) is 98.0 Å². The zero-order chi connectivity index (χ0) is 33.7. The number of pyridine rings is 1. The second-order valence-corrected chi connectivity index (χ2v) is 12.6. The Morgan fingerprint density at radius 3 is 2.77 bits per heavy atom. The molecule has 1 spiro atoms. The van der Waals surface area contributed by atoms with E-state index in [4.69, 9.17) is 23.8 Å². The summed E-state index contributed by atoms with van der Waals surface area (Å²) >= 11 is 0. The van der Waals surface area contributed by atoms with E-state index in [1.807, 2.05) is 19.9 Å². The molecule has 0 unspecified atom stereocenters. The molecule has 9 atom stereocenters. The van der Waals surface area contributed by atoms with Crippen molar-refractivity contribution in [3.05, 3.63) is 54.3 Å². The number of rotatable bonds is 11. The normalized spacial score (nSPS) is 31.7. The van der Waals surface area contributed by atoms with Gasteiger partial charge in [-0.2, -0.15) is 0 Å². The molecule has 3 saturated heterocycles. The molecule has 2 aromatic rings. The topological polar surface area (TPSA) is 177 Å². The Hall–Kier alpha value is -3.98. The monoisotopic (exact) mass is 653 g/mol. The molecular formula is C33H43N5O9. The lowest BCUT2D eigenvalue weighted by Crippen LogP contribution is -2.50. The Balaban J connectivity index is 1.11. The molecule has 5 heterocycles. The summed E-state index contributed by atoms with van der Waals surface area (Å²) in [6.45, 7) is 9.41. The first-order chi connectivity index (χ1) is 22.4. The van der Waals surface area contributed by atoms with Gasteiger partial charge < -0.3 is 34.2 Å². The first-order valence-corrected chi connectivity index (χ1v) is 15.9. The molecule has 5 rings (SSSR count). The second kappa shape index (κ2) is 14.8. The van der Waals surface area contributed by atoms with Crippen molar-refractivity contribution in [1.82, 2.24) is 25.5 Å². The van der Waals surface area contributed by atoms with E-state index in [1.54, 1.807) is 37.4 Å². The lowest BCUT2D eigenvalue weighted by atomic mass is 9.87. The van der Waals surface area contributed by atoms with Crippen molar-refractivity contribution in [2.45, 2.75) is 109 Å². The molecule has 0 saturated carbocycles. The zero-order valence-corrected chi connectivity index (χ0v) is 27.3. The number of esters is 1. The van der Waals surface area contributed by atoms with Crippen molar-refractivity contribution in [3.63, 3.8) is 0 Å². The third kappa shape index (κ3) is 8.89. The van der Waals surface area contributed by atoms with E-state index in [2.05, 4.69) is 33.6 Å². The molecule has 14 heteroatoms. The second-order valence-electron chi connectivity index (χ2n) is 12.6. The van der Waals surface area contributed by atoms with Crippen LogP contribution in [0.5, 0.6) is 0 Å². The van der Waals surface area contributed by atoms with Gasteiger partial charge in [0.2, 0.25) is 11.6 Å². The number of epoxide rings is 1. The summed E-state index contributed by atoms with van der Waals surface area (Å²) in [5.74, 6) is -1.04. The van der Waals surface area contributed by atoms with Crippen molar-refractivity contribution in [2.75, 3.05) is 6.61 Å². The van der Waals surface area contributed by atoms with Crippen LogP contribution in [0.25, 0.3) is 11.2 Å². The van der Waals surface area contributed by atoms with Gasteiger partial charge in [-0.15, -0.1) is 5.10 Å². The SMILES string of the molecule is CC(=O)O[C@@H](C)C=CC(=O)N[C@@H]1C[C@H](C)[C@H](CC=C(C)C=C[C@H]2O[C@H](CC(=O)On3nnc4cccnc43)C[C@@]3(CO3)[C@@H]2O)O[C@@H]1C. The summed E-state index contributed by atoms with van der Waals surface area (Å²) in [6.07, 6.45) is 9.16. The maximum absolute atomic E-state index is 12.8. The van der Waals surface area contributed by atoms with Crippen LogP contribution in [0.3, 0.4) is 0 Å². The number of nitrogens with zero attached hydrogens (tertiary/aromatic N) is 4. The summed E-state index contributed by atoms with van der Waals surface area (Å²) in [6, 6.07) is 3.28. The molecule has 14 nitrogen and oxygen atoms in total. The predicted octanol–water partition coefficient (Wildman–Crippen LogP) is 2.16. The van der Waals surface area contributed by atoms with Gasteiger partial charge in [0.15, 0.2) is 0 Å². The Kier molecular flexibility index (Phi) is 10.8. The van der Waals surface area contributed by atoms with Crippen LogP contribution in [0.1, 0.15) is 60.3 Å². The van der Waals surface area contributed by atoms with Crippen LogP contribution in [0.4, 0.5) is 0 Å². The van der Waals surface area contributed by atoms with Crippen LogP contribution < -0.4 is 10.2 Å². The van der Waals surface area contributed by atoms with Crippen molar-refractivity contribution in [1.29, 1.82) is 0 Å². The molecule has 3 aliphatic heterocycles. The third-order valence-electron chi connectivity index (χ3n) is 8.69. The van der Waals surface area contributed by atoms with E-state index in [1.165, 1.54) is 13.0 Å². The minimum Gasteiger partial charge on any atom is -0.459 e. The average molecular weight is 654 g/mol. The van der Waals surface area contributed by atoms with E-state index in [9.17, 15) is 19.5 Å². The van der Waals surface area contributed by atoms with Crippen LogP contribution in [0.2, 0.25) is 0 Å². The number of hydrogen-bond acceptors (Lipinski definition) is 12. The summed E-state index contributed by atoms with van der Waals surface area (Å²) in [5, 5.41) is 21.8. The molecule has 1 amide bonds. The molecule has 0 bridgehead atoms.